The summed E-state index contributed by atoms with van der Waals surface area (Å²) in [4.78, 5) is 28.6. The van der Waals surface area contributed by atoms with Gasteiger partial charge in [0, 0.05) is 38.7 Å². The van der Waals surface area contributed by atoms with Gasteiger partial charge in [0.2, 0.25) is 17.7 Å². The number of aromatic nitrogens is 1. The summed E-state index contributed by atoms with van der Waals surface area (Å²) in [5.41, 5.74) is 2.09. The zero-order valence-electron chi connectivity index (χ0n) is 17.3. The van der Waals surface area contributed by atoms with Crippen LogP contribution in [0.4, 0.5) is 5.88 Å². The highest BCUT2D eigenvalue weighted by Crippen LogP contribution is 2.17. The van der Waals surface area contributed by atoms with Crippen LogP contribution in [0, 0.1) is 0 Å². The van der Waals surface area contributed by atoms with Crippen LogP contribution in [0.3, 0.4) is 0 Å². The van der Waals surface area contributed by atoms with Crippen LogP contribution >= 0.6 is 0 Å². The maximum absolute atomic E-state index is 12.4. The minimum atomic E-state index is -0.126. The average Bonchev–Trinajstić information content (AvgIpc) is 3.18. The van der Waals surface area contributed by atoms with Crippen molar-refractivity contribution in [2.75, 3.05) is 38.0 Å². The average molecular weight is 399 g/mol. The number of benzene rings is 1. The number of hydrogen-bond acceptors (Lipinski definition) is 5. The third-order valence-corrected chi connectivity index (χ3v) is 5.17. The van der Waals surface area contributed by atoms with Crippen LogP contribution in [0.25, 0.3) is 0 Å². The fraction of sp³-hybridized carbons (Fsp3) is 0.500. The largest absolute Gasteiger partial charge is 0.340 e. The molecule has 0 bridgehead atoms. The molecular formula is C22H30N4O3. The Kier molecular flexibility index (Phi) is 7.41. The quantitative estimate of drug-likeness (QED) is 0.740. The van der Waals surface area contributed by atoms with E-state index in [0.29, 0.717) is 38.5 Å². The molecule has 7 nitrogen and oxygen atoms in total. The Labute approximate surface area is 172 Å². The minimum absolute atomic E-state index is 0.126. The molecule has 0 atom stereocenters. The highest BCUT2D eigenvalue weighted by Gasteiger charge is 2.22. The van der Waals surface area contributed by atoms with Crippen LogP contribution in [-0.2, 0) is 16.0 Å². The number of amides is 2. The Morgan fingerprint density at radius 1 is 1.14 bits per heavy atom. The molecule has 0 spiro atoms. The lowest BCUT2D eigenvalue weighted by atomic mass is 10.1. The van der Waals surface area contributed by atoms with Crippen molar-refractivity contribution in [3.8, 4) is 0 Å². The van der Waals surface area contributed by atoms with Crippen LogP contribution in [0.5, 0.6) is 0 Å². The molecule has 0 unspecified atom stereocenters. The van der Waals surface area contributed by atoms with Crippen molar-refractivity contribution < 1.29 is 14.1 Å². The second-order valence-corrected chi connectivity index (χ2v) is 7.81. The predicted octanol–water partition coefficient (Wildman–Crippen LogP) is 2.90. The molecule has 1 saturated heterocycles. The van der Waals surface area contributed by atoms with E-state index in [4.69, 9.17) is 4.52 Å². The lowest BCUT2D eigenvalue weighted by molar-refractivity contribution is -0.133. The molecule has 1 N–H and O–H groups in total. The lowest BCUT2D eigenvalue weighted by Gasteiger charge is -2.34. The number of piperazine rings is 1. The molecule has 1 aliphatic heterocycles. The van der Waals surface area contributed by atoms with Crippen LogP contribution in [0.2, 0.25) is 0 Å². The van der Waals surface area contributed by atoms with E-state index in [0.717, 1.165) is 18.5 Å². The summed E-state index contributed by atoms with van der Waals surface area (Å²) < 4.78 is 5.15. The van der Waals surface area contributed by atoms with Gasteiger partial charge in [-0.2, -0.15) is 0 Å². The topological polar surface area (TPSA) is 78.7 Å². The fourth-order valence-corrected chi connectivity index (χ4v) is 3.40. The molecule has 3 rings (SSSR count). The van der Waals surface area contributed by atoms with Crippen molar-refractivity contribution in [2.24, 2.45) is 0 Å². The number of nitrogens with zero attached hydrogens (tertiary/aromatic N) is 3. The van der Waals surface area contributed by atoms with Gasteiger partial charge in [0.25, 0.3) is 0 Å². The predicted molar refractivity (Wildman–Crippen MR) is 112 cm³/mol. The van der Waals surface area contributed by atoms with Crippen molar-refractivity contribution in [3.05, 3.63) is 47.7 Å². The van der Waals surface area contributed by atoms with Crippen molar-refractivity contribution in [3.63, 3.8) is 0 Å². The Hall–Kier alpha value is -2.67. The standard InChI is InChI=1S/C22H30N4O3/c1-17(2)19-15-21(29-24-19)23-20(27)16-25-11-13-26(14-12-25)22(28)10-6-9-18-7-4-3-5-8-18/h3-5,7-8,15,17H,6,9-14,16H2,1-2H3,(H,23,27). The summed E-state index contributed by atoms with van der Waals surface area (Å²) in [6.07, 6.45) is 2.35. The molecule has 1 fully saturated rings. The van der Waals surface area contributed by atoms with Gasteiger partial charge in [-0.1, -0.05) is 49.3 Å². The van der Waals surface area contributed by atoms with E-state index in [1.807, 2.05) is 36.9 Å². The Morgan fingerprint density at radius 3 is 2.52 bits per heavy atom. The fourth-order valence-electron chi connectivity index (χ4n) is 3.40. The van der Waals surface area contributed by atoms with Gasteiger partial charge in [-0.3, -0.25) is 19.8 Å². The van der Waals surface area contributed by atoms with Gasteiger partial charge < -0.3 is 9.42 Å². The maximum atomic E-state index is 12.4. The number of nitrogens with one attached hydrogen (secondary N) is 1. The van der Waals surface area contributed by atoms with Crippen molar-refractivity contribution in [2.45, 2.75) is 39.0 Å². The van der Waals surface area contributed by atoms with E-state index in [2.05, 4.69) is 27.5 Å². The Morgan fingerprint density at radius 2 is 1.86 bits per heavy atom. The highest BCUT2D eigenvalue weighted by atomic mass is 16.5. The molecule has 1 aromatic heterocycles. The summed E-state index contributed by atoms with van der Waals surface area (Å²) in [6, 6.07) is 12.0. The van der Waals surface area contributed by atoms with E-state index < -0.39 is 0 Å². The van der Waals surface area contributed by atoms with Gasteiger partial charge in [-0.15, -0.1) is 0 Å². The van der Waals surface area contributed by atoms with Gasteiger partial charge in [-0.25, -0.2) is 0 Å². The Balaban J connectivity index is 1.35. The van der Waals surface area contributed by atoms with Crippen molar-refractivity contribution in [1.82, 2.24) is 15.0 Å². The monoisotopic (exact) mass is 398 g/mol. The number of carbonyl (C=O) groups is 2. The van der Waals surface area contributed by atoms with E-state index >= 15 is 0 Å². The SMILES string of the molecule is CC(C)c1cc(NC(=O)CN2CCN(C(=O)CCCc3ccccc3)CC2)on1. The first-order chi connectivity index (χ1) is 14.0. The smallest absolute Gasteiger partial charge is 0.240 e. The first kappa shape index (κ1) is 21.0. The summed E-state index contributed by atoms with van der Waals surface area (Å²) in [5.74, 6) is 0.709. The number of anilines is 1. The molecule has 7 heteroatoms. The van der Waals surface area contributed by atoms with Gasteiger partial charge in [0.05, 0.1) is 12.2 Å². The van der Waals surface area contributed by atoms with Gasteiger partial charge in [0.15, 0.2) is 0 Å². The normalized spacial score (nSPS) is 14.9. The zero-order chi connectivity index (χ0) is 20.6. The molecule has 0 aliphatic carbocycles. The van der Waals surface area contributed by atoms with Crippen LogP contribution in [0.15, 0.2) is 40.9 Å². The minimum Gasteiger partial charge on any atom is -0.340 e. The third-order valence-electron chi connectivity index (χ3n) is 5.17. The maximum Gasteiger partial charge on any atom is 0.240 e. The molecule has 29 heavy (non-hydrogen) atoms. The molecule has 0 saturated carbocycles. The first-order valence-corrected chi connectivity index (χ1v) is 10.3. The molecule has 2 amide bonds. The number of hydrogen-bond donors (Lipinski definition) is 1. The molecule has 2 aromatic rings. The third kappa shape index (κ3) is 6.42. The van der Waals surface area contributed by atoms with Crippen molar-refractivity contribution >= 4 is 17.7 Å². The summed E-state index contributed by atoms with van der Waals surface area (Å²) in [7, 11) is 0. The molecule has 0 radical (unpaired) electrons. The number of aryl methyl sites for hydroxylation is 1. The highest BCUT2D eigenvalue weighted by molar-refractivity contribution is 5.91. The molecule has 2 heterocycles. The number of carbonyl (C=O) groups excluding carboxylic acids is 2. The summed E-state index contributed by atoms with van der Waals surface area (Å²) >= 11 is 0. The van der Waals surface area contributed by atoms with E-state index in [1.165, 1.54) is 5.56 Å². The van der Waals surface area contributed by atoms with Gasteiger partial charge >= 0.3 is 0 Å². The van der Waals surface area contributed by atoms with E-state index in [1.54, 1.807) is 6.07 Å². The lowest BCUT2D eigenvalue weighted by Crippen LogP contribution is -2.50. The summed E-state index contributed by atoms with van der Waals surface area (Å²) in [5, 5.41) is 6.69. The molecular weight excluding hydrogens is 368 g/mol. The first-order valence-electron chi connectivity index (χ1n) is 10.3. The Bertz CT molecular complexity index is 795. The van der Waals surface area contributed by atoms with E-state index in [-0.39, 0.29) is 24.3 Å². The van der Waals surface area contributed by atoms with Crippen LogP contribution in [0.1, 0.15) is 43.9 Å². The summed E-state index contributed by atoms with van der Waals surface area (Å²) in [6.45, 7) is 7.05. The number of rotatable bonds is 8. The second-order valence-electron chi connectivity index (χ2n) is 7.81. The van der Waals surface area contributed by atoms with Crippen molar-refractivity contribution in [1.29, 1.82) is 0 Å². The molecule has 1 aliphatic rings. The molecule has 1 aromatic carbocycles. The van der Waals surface area contributed by atoms with Gasteiger partial charge in [0.1, 0.15) is 0 Å². The second kappa shape index (κ2) is 10.2. The zero-order valence-corrected chi connectivity index (χ0v) is 17.3. The van der Waals surface area contributed by atoms with Crippen LogP contribution in [-0.4, -0.2) is 59.5 Å². The van der Waals surface area contributed by atoms with Gasteiger partial charge in [-0.05, 0) is 24.3 Å². The molecule has 156 valence electrons. The van der Waals surface area contributed by atoms with Crippen LogP contribution < -0.4 is 5.32 Å². The van der Waals surface area contributed by atoms with E-state index in [9.17, 15) is 9.59 Å².